The fourth-order valence-corrected chi connectivity index (χ4v) is 2.58. The quantitative estimate of drug-likeness (QED) is 0.423. The van der Waals surface area contributed by atoms with Crippen LogP contribution >= 0.6 is 0 Å². The number of anilines is 1. The molecule has 26 heavy (non-hydrogen) atoms. The molecule has 9 heteroatoms. The molecule has 0 spiro atoms. The van der Waals surface area contributed by atoms with Crippen LogP contribution in [0.25, 0.3) is 0 Å². The number of nitrogens with one attached hydrogen (secondary N) is 2. The van der Waals surface area contributed by atoms with Crippen LogP contribution in [-0.2, 0) is 6.54 Å². The fourth-order valence-electron chi connectivity index (χ4n) is 2.58. The van der Waals surface area contributed by atoms with E-state index in [1.54, 1.807) is 24.5 Å². The third kappa shape index (κ3) is 4.88. The van der Waals surface area contributed by atoms with Crippen LogP contribution in [-0.4, -0.2) is 34.2 Å². The minimum Gasteiger partial charge on any atom is -0.486 e. The number of nitro groups is 1. The summed E-state index contributed by atoms with van der Waals surface area (Å²) in [5.41, 5.74) is 1.65. The smallest absolute Gasteiger partial charge is 0.274 e. The minimum atomic E-state index is -0.493. The van der Waals surface area contributed by atoms with Gasteiger partial charge in [-0.15, -0.1) is 0 Å². The highest BCUT2D eigenvalue weighted by Gasteiger charge is 2.12. The Morgan fingerprint density at radius 1 is 1.38 bits per heavy atom. The number of hydrogen-bond donors (Lipinski definition) is 2. The van der Waals surface area contributed by atoms with Gasteiger partial charge >= 0.3 is 0 Å². The van der Waals surface area contributed by atoms with E-state index < -0.39 is 4.92 Å². The fraction of sp³-hybridized carbons (Fsp3) is 0.353. The summed E-state index contributed by atoms with van der Waals surface area (Å²) in [5, 5.41) is 17.0. The predicted molar refractivity (Wildman–Crippen MR) is 95.7 cm³/mol. The molecule has 0 bridgehead atoms. The number of benzene rings is 1. The molecule has 1 aromatic heterocycles. The van der Waals surface area contributed by atoms with Crippen molar-refractivity contribution in [2.75, 3.05) is 25.1 Å². The normalized spacial score (nSPS) is 13.3. The first-order chi connectivity index (χ1) is 12.6. The van der Waals surface area contributed by atoms with Gasteiger partial charge in [0, 0.05) is 31.0 Å². The maximum atomic E-state index is 10.9. The number of imidazole rings is 1. The van der Waals surface area contributed by atoms with Gasteiger partial charge in [0.05, 0.1) is 16.9 Å². The largest absolute Gasteiger partial charge is 0.486 e. The highest BCUT2D eigenvalue weighted by atomic mass is 16.6. The van der Waals surface area contributed by atoms with Crippen LogP contribution in [0.1, 0.15) is 12.1 Å². The van der Waals surface area contributed by atoms with Crippen LogP contribution in [0.3, 0.4) is 0 Å². The molecule has 0 aliphatic carbocycles. The number of rotatable bonds is 8. The summed E-state index contributed by atoms with van der Waals surface area (Å²) in [5.74, 6) is 1.61. The van der Waals surface area contributed by atoms with Crippen molar-refractivity contribution in [1.82, 2.24) is 14.9 Å². The van der Waals surface area contributed by atoms with E-state index in [-0.39, 0.29) is 0 Å². The van der Waals surface area contributed by atoms with Gasteiger partial charge in [-0.25, -0.2) is 4.98 Å². The second-order valence-corrected chi connectivity index (χ2v) is 5.84. The Labute approximate surface area is 150 Å². The molecule has 1 aliphatic rings. The maximum absolute atomic E-state index is 10.9. The molecular weight excluding hydrogens is 338 g/mol. The van der Waals surface area contributed by atoms with E-state index in [1.165, 1.54) is 0 Å². The van der Waals surface area contributed by atoms with E-state index in [1.807, 2.05) is 17.7 Å². The van der Waals surface area contributed by atoms with Crippen molar-refractivity contribution in [3.63, 3.8) is 0 Å². The number of fused-ring (bicyclic) bond motifs is 1. The first kappa shape index (κ1) is 17.6. The average molecular weight is 359 g/mol. The van der Waals surface area contributed by atoms with Crippen LogP contribution in [0.4, 0.5) is 5.69 Å². The number of nitrogens with zero attached hydrogens (tertiary/aromatic N) is 3. The highest BCUT2D eigenvalue weighted by Crippen LogP contribution is 2.32. The van der Waals surface area contributed by atoms with E-state index >= 15 is 0 Å². The Morgan fingerprint density at radius 2 is 2.19 bits per heavy atom. The first-order valence-corrected chi connectivity index (χ1v) is 8.34. The Balaban J connectivity index is 1.56. The van der Waals surface area contributed by atoms with Crippen molar-refractivity contribution < 1.29 is 14.4 Å². The van der Waals surface area contributed by atoms with Gasteiger partial charge in [0.1, 0.15) is 13.2 Å². The Morgan fingerprint density at radius 3 is 2.92 bits per heavy atom. The Bertz CT molecular complexity index is 802. The Hall–Kier alpha value is -3.23. The van der Waals surface area contributed by atoms with E-state index in [0.717, 1.165) is 24.9 Å². The first-order valence-electron chi connectivity index (χ1n) is 8.34. The Kier molecular flexibility index (Phi) is 5.57. The van der Waals surface area contributed by atoms with E-state index in [2.05, 4.69) is 15.6 Å². The number of aryl methyl sites for hydroxylation is 2. The van der Waals surface area contributed by atoms with Crippen LogP contribution in [0.15, 0.2) is 42.7 Å². The summed E-state index contributed by atoms with van der Waals surface area (Å²) < 4.78 is 13.0. The van der Waals surface area contributed by atoms with Gasteiger partial charge < -0.3 is 24.7 Å². The van der Waals surface area contributed by atoms with E-state index in [4.69, 9.17) is 9.47 Å². The molecule has 2 aromatic rings. The molecule has 138 valence electrons. The SMILES string of the molecule is Cc1cn(CCCNC(=C[N+](=O)[O-])Nc2ccc3c(c2)OCCO3)cn1. The summed E-state index contributed by atoms with van der Waals surface area (Å²) in [6, 6.07) is 5.33. The molecular formula is C17H21N5O4. The van der Waals surface area contributed by atoms with Gasteiger partial charge in [0.25, 0.3) is 6.20 Å². The zero-order valence-corrected chi connectivity index (χ0v) is 14.5. The molecule has 3 rings (SSSR count). The third-order valence-corrected chi connectivity index (χ3v) is 3.73. The van der Waals surface area contributed by atoms with Crippen molar-refractivity contribution in [2.45, 2.75) is 19.9 Å². The second-order valence-electron chi connectivity index (χ2n) is 5.84. The van der Waals surface area contributed by atoms with Crippen LogP contribution in [0, 0.1) is 17.0 Å². The standard InChI is InChI=1S/C17H21N5O4/c1-13-10-21(12-19-13)6-2-5-18-17(11-22(23)24)20-14-3-4-15-16(9-14)26-8-7-25-15/h3-4,9-12,18,20H,2,5-8H2,1H3. The van der Waals surface area contributed by atoms with Crippen LogP contribution in [0.5, 0.6) is 11.5 Å². The minimum absolute atomic E-state index is 0.313. The maximum Gasteiger partial charge on any atom is 0.274 e. The van der Waals surface area contributed by atoms with Crippen molar-refractivity contribution in [2.24, 2.45) is 0 Å². The topological polar surface area (TPSA) is 103 Å². The number of ether oxygens (including phenoxy) is 2. The summed E-state index contributed by atoms with van der Waals surface area (Å²) in [6.07, 6.45) is 5.45. The molecule has 1 aliphatic heterocycles. The van der Waals surface area contributed by atoms with Crippen molar-refractivity contribution in [1.29, 1.82) is 0 Å². The summed E-state index contributed by atoms with van der Waals surface area (Å²) in [7, 11) is 0. The van der Waals surface area contributed by atoms with Crippen molar-refractivity contribution in [3.05, 3.63) is 58.6 Å². The molecule has 9 nitrogen and oxygen atoms in total. The van der Waals surface area contributed by atoms with Crippen molar-refractivity contribution >= 4 is 5.69 Å². The molecule has 0 fully saturated rings. The van der Waals surface area contributed by atoms with Gasteiger partial charge in [-0.05, 0) is 25.5 Å². The zero-order chi connectivity index (χ0) is 18.4. The monoisotopic (exact) mass is 359 g/mol. The molecule has 0 unspecified atom stereocenters. The highest BCUT2D eigenvalue weighted by molar-refractivity contribution is 5.57. The lowest BCUT2D eigenvalue weighted by molar-refractivity contribution is -0.403. The van der Waals surface area contributed by atoms with Gasteiger partial charge in [0.15, 0.2) is 17.3 Å². The van der Waals surface area contributed by atoms with Crippen LogP contribution in [0.2, 0.25) is 0 Å². The average Bonchev–Trinajstić information content (AvgIpc) is 3.03. The van der Waals surface area contributed by atoms with E-state index in [0.29, 0.717) is 42.8 Å². The molecule has 0 amide bonds. The van der Waals surface area contributed by atoms with E-state index in [9.17, 15) is 10.1 Å². The summed E-state index contributed by atoms with van der Waals surface area (Å²) >= 11 is 0. The van der Waals surface area contributed by atoms with Gasteiger partial charge in [0.2, 0.25) is 0 Å². The zero-order valence-electron chi connectivity index (χ0n) is 14.5. The molecule has 2 N–H and O–H groups in total. The van der Waals surface area contributed by atoms with Gasteiger partial charge in [-0.1, -0.05) is 0 Å². The lowest BCUT2D eigenvalue weighted by Gasteiger charge is -2.19. The lowest BCUT2D eigenvalue weighted by Crippen LogP contribution is -2.23. The number of aromatic nitrogens is 2. The lowest BCUT2D eigenvalue weighted by atomic mass is 10.2. The molecule has 1 aromatic carbocycles. The number of hydrogen-bond acceptors (Lipinski definition) is 7. The molecule has 0 radical (unpaired) electrons. The molecule has 0 saturated heterocycles. The van der Waals surface area contributed by atoms with Crippen molar-refractivity contribution in [3.8, 4) is 11.5 Å². The summed E-state index contributed by atoms with van der Waals surface area (Å²) in [6.45, 7) is 4.30. The van der Waals surface area contributed by atoms with Crippen LogP contribution < -0.4 is 20.1 Å². The van der Waals surface area contributed by atoms with Gasteiger partial charge in [-0.3, -0.25) is 10.1 Å². The summed E-state index contributed by atoms with van der Waals surface area (Å²) in [4.78, 5) is 14.6. The third-order valence-electron chi connectivity index (χ3n) is 3.73. The molecule has 2 heterocycles. The second kappa shape index (κ2) is 8.24. The molecule has 0 saturated carbocycles. The molecule has 0 atom stereocenters. The van der Waals surface area contributed by atoms with Gasteiger partial charge in [-0.2, -0.15) is 0 Å². The predicted octanol–water partition coefficient (Wildman–Crippen LogP) is 2.13.